The molecule has 25 heavy (non-hydrogen) atoms. The minimum atomic E-state index is 0. The molecular formula is C17H26ClN5OS. The Balaban J connectivity index is 0.00000225. The molecule has 6 nitrogen and oxygen atoms in total. The largest absolute Gasteiger partial charge is 0.354 e. The number of aryl methyl sites for hydroxylation is 2. The molecule has 0 aromatic carbocycles. The van der Waals surface area contributed by atoms with E-state index in [9.17, 15) is 4.79 Å². The lowest BCUT2D eigenvalue weighted by Gasteiger charge is -2.23. The first-order chi connectivity index (χ1) is 11.7. The van der Waals surface area contributed by atoms with Crippen molar-refractivity contribution in [3.05, 3.63) is 34.0 Å². The van der Waals surface area contributed by atoms with Crippen molar-refractivity contribution in [3.63, 3.8) is 0 Å². The van der Waals surface area contributed by atoms with Crippen LogP contribution in [-0.4, -0.2) is 40.3 Å². The standard InChI is InChI=1S/C17H25N5OS.ClH/c1-13-16(24-12-20-13)5-3-8-19-17(23)11-22-15(6-9-21-22)14-4-2-7-18-10-14;/h6,9,12,14,18H,2-5,7-8,10-11H2,1H3,(H,19,23);1H. The van der Waals surface area contributed by atoms with Gasteiger partial charge < -0.3 is 10.6 Å². The summed E-state index contributed by atoms with van der Waals surface area (Å²) in [6.45, 7) is 5.09. The third-order valence-corrected chi connectivity index (χ3v) is 5.50. The number of rotatable bonds is 7. The SMILES string of the molecule is Cc1ncsc1CCCNC(=O)Cn1nccc1C1CCCNC1.Cl. The van der Waals surface area contributed by atoms with Crippen LogP contribution < -0.4 is 10.6 Å². The van der Waals surface area contributed by atoms with E-state index in [1.54, 1.807) is 17.5 Å². The summed E-state index contributed by atoms with van der Waals surface area (Å²) < 4.78 is 1.85. The van der Waals surface area contributed by atoms with E-state index in [0.717, 1.165) is 43.7 Å². The molecule has 2 aromatic rings. The van der Waals surface area contributed by atoms with E-state index in [4.69, 9.17) is 0 Å². The number of carbonyl (C=O) groups excluding carboxylic acids is 1. The Morgan fingerprint density at radius 2 is 2.40 bits per heavy atom. The molecule has 1 aliphatic rings. The van der Waals surface area contributed by atoms with Crippen LogP contribution in [0.1, 0.15) is 41.4 Å². The average Bonchev–Trinajstić information content (AvgIpc) is 3.21. The van der Waals surface area contributed by atoms with Crippen LogP contribution in [0, 0.1) is 6.92 Å². The lowest BCUT2D eigenvalue weighted by Crippen LogP contribution is -2.32. The van der Waals surface area contributed by atoms with Gasteiger partial charge in [0.1, 0.15) is 6.54 Å². The maximum absolute atomic E-state index is 12.2. The second-order valence-corrected chi connectivity index (χ2v) is 7.21. The highest BCUT2D eigenvalue weighted by molar-refractivity contribution is 7.09. The second-order valence-electron chi connectivity index (χ2n) is 6.27. The van der Waals surface area contributed by atoms with Gasteiger partial charge in [0.05, 0.1) is 11.2 Å². The zero-order valence-electron chi connectivity index (χ0n) is 14.5. The summed E-state index contributed by atoms with van der Waals surface area (Å²) in [6.07, 6.45) is 6.04. The van der Waals surface area contributed by atoms with E-state index in [1.807, 2.05) is 23.2 Å². The van der Waals surface area contributed by atoms with Crippen molar-refractivity contribution in [2.45, 2.75) is 45.1 Å². The minimum Gasteiger partial charge on any atom is -0.354 e. The Morgan fingerprint density at radius 3 is 3.12 bits per heavy atom. The predicted octanol–water partition coefficient (Wildman–Crippen LogP) is 2.29. The first kappa shape index (κ1) is 19.9. The fraction of sp³-hybridized carbons (Fsp3) is 0.588. The Labute approximate surface area is 158 Å². The van der Waals surface area contributed by atoms with Crippen molar-refractivity contribution in [3.8, 4) is 0 Å². The quantitative estimate of drug-likeness (QED) is 0.719. The number of nitrogens with one attached hydrogen (secondary N) is 2. The molecule has 1 fully saturated rings. The van der Waals surface area contributed by atoms with Crippen molar-refractivity contribution in [2.24, 2.45) is 0 Å². The maximum Gasteiger partial charge on any atom is 0.241 e. The summed E-state index contributed by atoms with van der Waals surface area (Å²) in [5.41, 5.74) is 4.15. The first-order valence-electron chi connectivity index (χ1n) is 8.62. The van der Waals surface area contributed by atoms with Gasteiger partial charge in [-0.3, -0.25) is 9.48 Å². The van der Waals surface area contributed by atoms with Crippen molar-refractivity contribution >= 4 is 29.7 Å². The smallest absolute Gasteiger partial charge is 0.241 e. The van der Waals surface area contributed by atoms with Crippen LogP contribution in [0.15, 0.2) is 17.8 Å². The van der Waals surface area contributed by atoms with Gasteiger partial charge in [0.25, 0.3) is 0 Å². The highest BCUT2D eigenvalue weighted by Crippen LogP contribution is 2.22. The molecule has 3 rings (SSSR count). The number of nitrogens with zero attached hydrogens (tertiary/aromatic N) is 3. The van der Waals surface area contributed by atoms with Crippen LogP contribution in [0.2, 0.25) is 0 Å². The van der Waals surface area contributed by atoms with Gasteiger partial charge in [-0.25, -0.2) is 4.98 Å². The minimum absolute atomic E-state index is 0. The fourth-order valence-corrected chi connectivity index (χ4v) is 3.98. The molecule has 1 saturated heterocycles. The number of amides is 1. The number of carbonyl (C=O) groups is 1. The van der Waals surface area contributed by atoms with Crippen molar-refractivity contribution in [1.82, 2.24) is 25.4 Å². The highest BCUT2D eigenvalue weighted by atomic mass is 35.5. The molecule has 1 aliphatic heterocycles. The number of piperidine rings is 1. The summed E-state index contributed by atoms with van der Waals surface area (Å²) in [6, 6.07) is 2.04. The fourth-order valence-electron chi connectivity index (χ4n) is 3.16. The summed E-state index contributed by atoms with van der Waals surface area (Å²) >= 11 is 1.69. The number of aromatic nitrogens is 3. The lowest BCUT2D eigenvalue weighted by atomic mass is 9.96. The van der Waals surface area contributed by atoms with E-state index in [-0.39, 0.29) is 18.3 Å². The third-order valence-electron chi connectivity index (χ3n) is 4.51. The van der Waals surface area contributed by atoms with Gasteiger partial charge in [-0.15, -0.1) is 23.7 Å². The zero-order valence-corrected chi connectivity index (χ0v) is 16.2. The molecule has 1 amide bonds. The van der Waals surface area contributed by atoms with E-state index in [0.29, 0.717) is 19.0 Å². The van der Waals surface area contributed by atoms with Gasteiger partial charge in [0, 0.05) is 35.8 Å². The summed E-state index contributed by atoms with van der Waals surface area (Å²) in [7, 11) is 0. The molecule has 0 bridgehead atoms. The van der Waals surface area contributed by atoms with E-state index in [2.05, 4.69) is 20.7 Å². The van der Waals surface area contributed by atoms with Gasteiger partial charge >= 0.3 is 0 Å². The van der Waals surface area contributed by atoms with Crippen molar-refractivity contribution in [1.29, 1.82) is 0 Å². The molecule has 1 atom stereocenters. The zero-order chi connectivity index (χ0) is 16.8. The van der Waals surface area contributed by atoms with E-state index < -0.39 is 0 Å². The van der Waals surface area contributed by atoms with Gasteiger partial charge in [0.15, 0.2) is 0 Å². The summed E-state index contributed by atoms with van der Waals surface area (Å²) in [5, 5.41) is 10.8. The number of thiazole rings is 1. The van der Waals surface area contributed by atoms with Gasteiger partial charge in [0.2, 0.25) is 5.91 Å². The predicted molar refractivity (Wildman–Crippen MR) is 103 cm³/mol. The molecule has 0 saturated carbocycles. The van der Waals surface area contributed by atoms with Gasteiger partial charge in [-0.1, -0.05) is 0 Å². The van der Waals surface area contributed by atoms with Gasteiger partial charge in [-0.2, -0.15) is 5.10 Å². The van der Waals surface area contributed by atoms with Crippen LogP contribution in [0.5, 0.6) is 0 Å². The Bertz CT molecular complexity index is 666. The van der Waals surface area contributed by atoms with E-state index >= 15 is 0 Å². The Hall–Kier alpha value is -1.44. The number of hydrogen-bond acceptors (Lipinski definition) is 5. The molecule has 3 heterocycles. The first-order valence-corrected chi connectivity index (χ1v) is 9.50. The van der Waals surface area contributed by atoms with Crippen LogP contribution in [0.4, 0.5) is 0 Å². The van der Waals surface area contributed by atoms with Crippen LogP contribution in [0.25, 0.3) is 0 Å². The van der Waals surface area contributed by atoms with E-state index in [1.165, 1.54) is 11.3 Å². The molecule has 0 radical (unpaired) electrons. The molecule has 138 valence electrons. The summed E-state index contributed by atoms with van der Waals surface area (Å²) in [4.78, 5) is 17.7. The topological polar surface area (TPSA) is 71.8 Å². The molecule has 0 aliphatic carbocycles. The third kappa shape index (κ3) is 5.52. The molecule has 2 N–H and O–H groups in total. The molecule has 0 spiro atoms. The number of halogens is 1. The monoisotopic (exact) mass is 383 g/mol. The normalized spacial score (nSPS) is 17.1. The molecule has 2 aromatic heterocycles. The maximum atomic E-state index is 12.2. The van der Waals surface area contributed by atoms with Crippen LogP contribution >= 0.6 is 23.7 Å². The summed E-state index contributed by atoms with van der Waals surface area (Å²) in [5.74, 6) is 0.494. The molecule has 8 heteroatoms. The number of hydrogen-bond donors (Lipinski definition) is 2. The van der Waals surface area contributed by atoms with Gasteiger partial charge in [-0.05, 0) is 45.2 Å². The second kappa shape index (κ2) is 9.89. The van der Waals surface area contributed by atoms with Crippen molar-refractivity contribution in [2.75, 3.05) is 19.6 Å². The van der Waals surface area contributed by atoms with Crippen LogP contribution in [0.3, 0.4) is 0 Å². The van der Waals surface area contributed by atoms with Crippen LogP contribution in [-0.2, 0) is 17.8 Å². The Morgan fingerprint density at radius 1 is 1.52 bits per heavy atom. The molecule has 1 unspecified atom stereocenters. The lowest BCUT2D eigenvalue weighted by molar-refractivity contribution is -0.121. The van der Waals surface area contributed by atoms with Crippen molar-refractivity contribution < 1.29 is 4.79 Å². The Kier molecular flexibility index (Phi) is 7.87. The molecular weight excluding hydrogens is 358 g/mol. The highest BCUT2D eigenvalue weighted by Gasteiger charge is 2.19. The average molecular weight is 384 g/mol.